The van der Waals surface area contributed by atoms with Crippen molar-refractivity contribution in [3.05, 3.63) is 69.2 Å². The molecule has 7 heteroatoms. The van der Waals surface area contributed by atoms with E-state index in [1.54, 1.807) is 42.5 Å². The number of imide groups is 1. The SMILES string of the molecule is O=C1N=NC(CN2C(=O)c3ccccc3C2=O)c2cc(Br)ccc21. The highest BCUT2D eigenvalue weighted by molar-refractivity contribution is 9.10. The Morgan fingerprint density at radius 3 is 2.29 bits per heavy atom. The molecule has 0 saturated heterocycles. The number of carbonyl (C=O) groups excluding carboxylic acids is 3. The lowest BCUT2D eigenvalue weighted by atomic mass is 9.99. The van der Waals surface area contributed by atoms with Gasteiger partial charge in [-0.25, -0.2) is 0 Å². The molecule has 0 saturated carbocycles. The van der Waals surface area contributed by atoms with E-state index in [1.165, 1.54) is 0 Å². The Bertz CT molecular complexity index is 903. The lowest BCUT2D eigenvalue weighted by Gasteiger charge is -2.22. The van der Waals surface area contributed by atoms with E-state index in [9.17, 15) is 14.4 Å². The number of amides is 3. The quantitative estimate of drug-likeness (QED) is 0.745. The molecule has 2 heterocycles. The fourth-order valence-electron chi connectivity index (χ4n) is 2.95. The molecule has 0 N–H and O–H groups in total. The molecule has 6 nitrogen and oxygen atoms in total. The normalized spacial score (nSPS) is 18.8. The summed E-state index contributed by atoms with van der Waals surface area (Å²) in [7, 11) is 0. The van der Waals surface area contributed by atoms with E-state index < -0.39 is 11.9 Å². The largest absolute Gasteiger partial charge is 0.295 e. The zero-order valence-electron chi connectivity index (χ0n) is 12.3. The molecule has 24 heavy (non-hydrogen) atoms. The second-order valence-corrected chi connectivity index (χ2v) is 6.45. The summed E-state index contributed by atoms with van der Waals surface area (Å²) in [5.74, 6) is -1.12. The number of hydrogen-bond donors (Lipinski definition) is 0. The predicted molar refractivity (Wildman–Crippen MR) is 87.9 cm³/mol. The first-order chi connectivity index (χ1) is 11.6. The Morgan fingerprint density at radius 1 is 0.958 bits per heavy atom. The molecule has 118 valence electrons. The van der Waals surface area contributed by atoms with Crippen molar-refractivity contribution in [2.24, 2.45) is 10.2 Å². The van der Waals surface area contributed by atoms with Crippen molar-refractivity contribution in [1.29, 1.82) is 0 Å². The number of nitrogens with zero attached hydrogens (tertiary/aromatic N) is 3. The molecule has 2 aromatic carbocycles. The fraction of sp³-hybridized carbons (Fsp3) is 0.118. The van der Waals surface area contributed by atoms with Crippen molar-refractivity contribution in [2.45, 2.75) is 6.04 Å². The van der Waals surface area contributed by atoms with E-state index in [-0.39, 0.29) is 18.4 Å². The monoisotopic (exact) mass is 383 g/mol. The maximum Gasteiger partial charge on any atom is 0.295 e. The summed E-state index contributed by atoms with van der Waals surface area (Å²) < 4.78 is 0.790. The molecule has 0 spiro atoms. The van der Waals surface area contributed by atoms with Gasteiger partial charge in [0.25, 0.3) is 17.7 Å². The minimum Gasteiger partial charge on any atom is -0.272 e. The maximum atomic E-state index is 12.5. The number of benzene rings is 2. The van der Waals surface area contributed by atoms with Gasteiger partial charge in [0.2, 0.25) is 0 Å². The molecule has 4 rings (SSSR count). The van der Waals surface area contributed by atoms with Crippen LogP contribution >= 0.6 is 15.9 Å². The van der Waals surface area contributed by atoms with Gasteiger partial charge in [0.05, 0.1) is 17.7 Å². The number of azo groups is 1. The van der Waals surface area contributed by atoms with E-state index in [4.69, 9.17) is 0 Å². The minimum atomic E-state index is -0.558. The second-order valence-electron chi connectivity index (χ2n) is 5.53. The molecular weight excluding hydrogens is 374 g/mol. The maximum absolute atomic E-state index is 12.5. The first kappa shape index (κ1) is 14.9. The molecule has 1 unspecified atom stereocenters. The number of carbonyl (C=O) groups is 3. The molecule has 2 aliphatic rings. The highest BCUT2D eigenvalue weighted by Gasteiger charge is 2.38. The Kier molecular flexibility index (Phi) is 3.38. The second kappa shape index (κ2) is 5.45. The Morgan fingerprint density at radius 2 is 1.62 bits per heavy atom. The number of fused-ring (bicyclic) bond motifs is 2. The van der Waals surface area contributed by atoms with Crippen molar-refractivity contribution in [1.82, 2.24) is 4.90 Å². The molecule has 2 aliphatic heterocycles. The van der Waals surface area contributed by atoms with Gasteiger partial charge < -0.3 is 0 Å². The minimum absolute atomic E-state index is 0.0482. The van der Waals surface area contributed by atoms with Gasteiger partial charge in [-0.05, 0) is 35.9 Å². The van der Waals surface area contributed by atoms with Gasteiger partial charge in [0.1, 0.15) is 6.04 Å². The van der Waals surface area contributed by atoms with Crippen molar-refractivity contribution in [2.75, 3.05) is 6.54 Å². The summed E-state index contributed by atoms with van der Waals surface area (Å²) in [5, 5.41) is 7.64. The summed E-state index contributed by atoms with van der Waals surface area (Å²) in [6.45, 7) is 0.0482. The van der Waals surface area contributed by atoms with Gasteiger partial charge in [0, 0.05) is 10.0 Å². The Hall–Kier alpha value is -2.67. The van der Waals surface area contributed by atoms with Crippen molar-refractivity contribution in [3.63, 3.8) is 0 Å². The van der Waals surface area contributed by atoms with Gasteiger partial charge in [-0.2, -0.15) is 5.11 Å². The van der Waals surface area contributed by atoms with Crippen LogP contribution in [0.3, 0.4) is 0 Å². The zero-order valence-corrected chi connectivity index (χ0v) is 13.9. The van der Waals surface area contributed by atoms with Crippen LogP contribution in [0, 0.1) is 0 Å². The average Bonchev–Trinajstić information content (AvgIpc) is 2.82. The standard InChI is InChI=1S/C17H10BrN3O3/c18-9-5-6-10-13(7-9)14(19-20-15(10)22)8-21-16(23)11-3-1-2-4-12(11)17(21)24/h1-7,14H,8H2. The van der Waals surface area contributed by atoms with Gasteiger partial charge >= 0.3 is 0 Å². The first-order valence-electron chi connectivity index (χ1n) is 7.26. The van der Waals surface area contributed by atoms with Crippen LogP contribution in [-0.4, -0.2) is 29.2 Å². The van der Waals surface area contributed by atoms with Crippen LogP contribution in [0.4, 0.5) is 0 Å². The van der Waals surface area contributed by atoms with Gasteiger partial charge in [-0.15, -0.1) is 5.11 Å². The van der Waals surface area contributed by atoms with E-state index in [0.29, 0.717) is 22.3 Å². The fourth-order valence-corrected chi connectivity index (χ4v) is 3.33. The van der Waals surface area contributed by atoms with Crippen molar-refractivity contribution >= 4 is 33.7 Å². The molecule has 0 aliphatic carbocycles. The third kappa shape index (κ3) is 2.20. The molecule has 0 fully saturated rings. The highest BCUT2D eigenvalue weighted by atomic mass is 79.9. The Labute approximate surface area is 145 Å². The molecule has 0 radical (unpaired) electrons. The third-order valence-corrected chi connectivity index (χ3v) is 4.62. The molecule has 1 atom stereocenters. The summed E-state index contributed by atoms with van der Waals surface area (Å²) >= 11 is 3.37. The zero-order chi connectivity index (χ0) is 16.8. The summed E-state index contributed by atoms with van der Waals surface area (Å²) in [6, 6.07) is 11.3. The van der Waals surface area contributed by atoms with Crippen LogP contribution < -0.4 is 0 Å². The average molecular weight is 384 g/mol. The highest BCUT2D eigenvalue weighted by Crippen LogP contribution is 2.33. The summed E-state index contributed by atoms with van der Waals surface area (Å²) in [6.07, 6.45) is 0. The van der Waals surface area contributed by atoms with E-state index in [1.807, 2.05) is 0 Å². The smallest absolute Gasteiger partial charge is 0.272 e. The molecule has 0 aromatic heterocycles. The predicted octanol–water partition coefficient (Wildman–Crippen LogP) is 3.39. The van der Waals surface area contributed by atoms with E-state index in [0.717, 1.165) is 9.37 Å². The first-order valence-corrected chi connectivity index (χ1v) is 8.05. The summed E-state index contributed by atoms with van der Waals surface area (Å²) in [5.41, 5.74) is 1.87. The molecule has 3 amide bonds. The van der Waals surface area contributed by atoms with Gasteiger partial charge in [0.15, 0.2) is 0 Å². The van der Waals surface area contributed by atoms with Crippen LogP contribution in [0.1, 0.15) is 42.7 Å². The van der Waals surface area contributed by atoms with Crippen molar-refractivity contribution < 1.29 is 14.4 Å². The summed E-state index contributed by atoms with van der Waals surface area (Å²) in [4.78, 5) is 38.0. The lowest BCUT2D eigenvalue weighted by molar-refractivity contribution is 0.0643. The number of hydrogen-bond acceptors (Lipinski definition) is 4. The third-order valence-electron chi connectivity index (χ3n) is 4.12. The Balaban J connectivity index is 1.69. The van der Waals surface area contributed by atoms with Crippen LogP contribution in [0.2, 0.25) is 0 Å². The van der Waals surface area contributed by atoms with Crippen molar-refractivity contribution in [3.8, 4) is 0 Å². The number of halogens is 1. The van der Waals surface area contributed by atoms with Crippen LogP contribution in [-0.2, 0) is 0 Å². The molecule has 2 aromatic rings. The van der Waals surface area contributed by atoms with Crippen LogP contribution in [0.15, 0.2) is 57.2 Å². The molecular formula is C17H10BrN3O3. The van der Waals surface area contributed by atoms with Gasteiger partial charge in [-0.1, -0.05) is 28.1 Å². The van der Waals surface area contributed by atoms with Crippen LogP contribution in [0.5, 0.6) is 0 Å². The van der Waals surface area contributed by atoms with Gasteiger partial charge in [-0.3, -0.25) is 19.3 Å². The van der Waals surface area contributed by atoms with E-state index >= 15 is 0 Å². The van der Waals surface area contributed by atoms with Crippen LogP contribution in [0.25, 0.3) is 0 Å². The van der Waals surface area contributed by atoms with E-state index in [2.05, 4.69) is 26.2 Å². The lowest BCUT2D eigenvalue weighted by Crippen LogP contribution is -2.34. The number of rotatable bonds is 2. The topological polar surface area (TPSA) is 79.2 Å². The molecule has 0 bridgehead atoms.